The van der Waals surface area contributed by atoms with Crippen LogP contribution in [0.15, 0.2) is 24.3 Å². The number of hydrogen-bond donors (Lipinski definition) is 1. The van der Waals surface area contributed by atoms with Crippen LogP contribution in [0.5, 0.6) is 0 Å². The Bertz CT molecular complexity index is 396. The highest BCUT2D eigenvalue weighted by atomic mass is 15.2. The molecule has 2 heteroatoms. The SMILES string of the molecule is NC1CCCN(C2CCCCC2)c2ccccc21. The fourth-order valence-corrected chi connectivity index (χ4v) is 3.59. The molecule has 1 saturated carbocycles. The van der Waals surface area contributed by atoms with Gasteiger partial charge in [0.25, 0.3) is 0 Å². The average Bonchev–Trinajstić information content (AvgIpc) is 2.60. The van der Waals surface area contributed by atoms with Gasteiger partial charge in [-0.25, -0.2) is 0 Å². The zero-order chi connectivity index (χ0) is 12.4. The molecule has 1 aliphatic carbocycles. The van der Waals surface area contributed by atoms with Crippen molar-refractivity contribution in [3.63, 3.8) is 0 Å². The Morgan fingerprint density at radius 2 is 1.72 bits per heavy atom. The second-order valence-corrected chi connectivity index (χ2v) is 5.79. The highest BCUT2D eigenvalue weighted by molar-refractivity contribution is 5.56. The van der Waals surface area contributed by atoms with E-state index in [2.05, 4.69) is 29.2 Å². The Morgan fingerprint density at radius 3 is 2.56 bits per heavy atom. The molecule has 1 heterocycles. The molecule has 0 spiro atoms. The third-order valence-electron chi connectivity index (χ3n) is 4.58. The first kappa shape index (κ1) is 12.0. The van der Waals surface area contributed by atoms with E-state index in [0.29, 0.717) is 0 Å². The van der Waals surface area contributed by atoms with Gasteiger partial charge in [-0.3, -0.25) is 0 Å². The Balaban J connectivity index is 1.91. The lowest BCUT2D eigenvalue weighted by Crippen LogP contribution is -2.37. The highest BCUT2D eigenvalue weighted by Crippen LogP contribution is 2.35. The Labute approximate surface area is 110 Å². The van der Waals surface area contributed by atoms with Crippen LogP contribution in [-0.4, -0.2) is 12.6 Å². The zero-order valence-electron chi connectivity index (χ0n) is 11.1. The van der Waals surface area contributed by atoms with Crippen LogP contribution in [0.1, 0.15) is 56.6 Å². The lowest BCUT2D eigenvalue weighted by atomic mass is 9.93. The Morgan fingerprint density at radius 1 is 0.944 bits per heavy atom. The van der Waals surface area contributed by atoms with E-state index >= 15 is 0 Å². The molecule has 2 aliphatic rings. The second-order valence-electron chi connectivity index (χ2n) is 5.79. The molecule has 2 N–H and O–H groups in total. The van der Waals surface area contributed by atoms with Crippen molar-refractivity contribution in [2.45, 2.75) is 57.0 Å². The summed E-state index contributed by atoms with van der Waals surface area (Å²) in [6, 6.07) is 9.77. The van der Waals surface area contributed by atoms with Crippen LogP contribution in [0.4, 0.5) is 5.69 Å². The summed E-state index contributed by atoms with van der Waals surface area (Å²) in [5.41, 5.74) is 9.08. The third-order valence-corrected chi connectivity index (χ3v) is 4.58. The molecule has 1 unspecified atom stereocenters. The van der Waals surface area contributed by atoms with Gasteiger partial charge in [-0.15, -0.1) is 0 Å². The minimum Gasteiger partial charge on any atom is -0.368 e. The van der Waals surface area contributed by atoms with E-state index in [9.17, 15) is 0 Å². The minimum atomic E-state index is 0.231. The van der Waals surface area contributed by atoms with Crippen molar-refractivity contribution in [2.24, 2.45) is 5.73 Å². The van der Waals surface area contributed by atoms with Crippen LogP contribution in [-0.2, 0) is 0 Å². The predicted octanol–water partition coefficient (Wildman–Crippen LogP) is 3.62. The summed E-state index contributed by atoms with van der Waals surface area (Å²) >= 11 is 0. The van der Waals surface area contributed by atoms with Crippen LogP contribution in [0.25, 0.3) is 0 Å². The number of rotatable bonds is 1. The number of nitrogens with zero attached hydrogens (tertiary/aromatic N) is 1. The summed E-state index contributed by atoms with van der Waals surface area (Å²) in [5, 5.41) is 0. The molecule has 0 radical (unpaired) electrons. The van der Waals surface area contributed by atoms with Crippen LogP contribution >= 0.6 is 0 Å². The molecule has 3 rings (SSSR count). The Kier molecular flexibility index (Phi) is 3.55. The zero-order valence-corrected chi connectivity index (χ0v) is 11.1. The van der Waals surface area contributed by atoms with Gasteiger partial charge in [0.05, 0.1) is 0 Å². The summed E-state index contributed by atoms with van der Waals surface area (Å²) < 4.78 is 0. The molecule has 0 saturated heterocycles. The Hall–Kier alpha value is -1.02. The molecule has 2 nitrogen and oxygen atoms in total. The molecule has 1 aliphatic heterocycles. The van der Waals surface area contributed by atoms with E-state index in [4.69, 9.17) is 5.73 Å². The quantitative estimate of drug-likeness (QED) is 0.817. The van der Waals surface area contributed by atoms with E-state index < -0.39 is 0 Å². The standard InChI is InChI=1S/C16H24N2/c17-15-10-6-12-18(13-7-2-1-3-8-13)16-11-5-4-9-14(15)16/h4-5,9,11,13,15H,1-3,6-8,10,12,17H2. The molecular formula is C16H24N2. The summed E-state index contributed by atoms with van der Waals surface area (Å²) in [6.45, 7) is 1.19. The van der Waals surface area contributed by atoms with Crippen molar-refractivity contribution in [2.75, 3.05) is 11.4 Å². The van der Waals surface area contributed by atoms with Crippen molar-refractivity contribution >= 4 is 5.69 Å². The summed E-state index contributed by atoms with van der Waals surface area (Å²) in [4.78, 5) is 2.65. The number of nitrogens with two attached hydrogens (primary N) is 1. The first-order valence-corrected chi connectivity index (χ1v) is 7.47. The van der Waals surface area contributed by atoms with Gasteiger partial charge in [0.1, 0.15) is 0 Å². The first-order valence-electron chi connectivity index (χ1n) is 7.47. The molecule has 0 bridgehead atoms. The maximum Gasteiger partial charge on any atom is 0.0417 e. The van der Waals surface area contributed by atoms with E-state index in [-0.39, 0.29) is 6.04 Å². The van der Waals surface area contributed by atoms with Gasteiger partial charge < -0.3 is 10.6 Å². The van der Waals surface area contributed by atoms with Gasteiger partial charge >= 0.3 is 0 Å². The van der Waals surface area contributed by atoms with Crippen molar-refractivity contribution in [3.05, 3.63) is 29.8 Å². The lowest BCUT2D eigenvalue weighted by Gasteiger charge is -2.36. The minimum absolute atomic E-state index is 0.231. The number of para-hydroxylation sites is 1. The molecule has 1 fully saturated rings. The average molecular weight is 244 g/mol. The number of fused-ring (bicyclic) bond motifs is 1. The van der Waals surface area contributed by atoms with Crippen LogP contribution in [0.3, 0.4) is 0 Å². The third kappa shape index (κ3) is 2.26. The summed E-state index contributed by atoms with van der Waals surface area (Å²) in [7, 11) is 0. The van der Waals surface area contributed by atoms with Crippen molar-refractivity contribution in [3.8, 4) is 0 Å². The molecular weight excluding hydrogens is 220 g/mol. The van der Waals surface area contributed by atoms with E-state index in [1.165, 1.54) is 56.3 Å². The highest BCUT2D eigenvalue weighted by Gasteiger charge is 2.26. The van der Waals surface area contributed by atoms with Crippen LogP contribution in [0.2, 0.25) is 0 Å². The van der Waals surface area contributed by atoms with Gasteiger partial charge in [0.2, 0.25) is 0 Å². The first-order chi connectivity index (χ1) is 8.86. The van der Waals surface area contributed by atoms with Crippen molar-refractivity contribution < 1.29 is 0 Å². The molecule has 1 atom stereocenters. The van der Waals surface area contributed by atoms with Gasteiger partial charge in [-0.1, -0.05) is 37.5 Å². The monoisotopic (exact) mass is 244 g/mol. The van der Waals surface area contributed by atoms with E-state index in [1.807, 2.05) is 0 Å². The van der Waals surface area contributed by atoms with Gasteiger partial charge in [-0.05, 0) is 37.3 Å². The van der Waals surface area contributed by atoms with Crippen LogP contribution in [0, 0.1) is 0 Å². The normalized spacial score (nSPS) is 25.6. The molecule has 1 aromatic carbocycles. The number of anilines is 1. The number of hydrogen-bond acceptors (Lipinski definition) is 2. The fraction of sp³-hybridized carbons (Fsp3) is 0.625. The maximum absolute atomic E-state index is 6.31. The molecule has 98 valence electrons. The topological polar surface area (TPSA) is 29.3 Å². The summed E-state index contributed by atoms with van der Waals surface area (Å²) in [6.07, 6.45) is 9.30. The molecule has 0 aromatic heterocycles. The smallest absolute Gasteiger partial charge is 0.0417 e. The molecule has 18 heavy (non-hydrogen) atoms. The maximum atomic E-state index is 6.31. The van der Waals surface area contributed by atoms with E-state index in [1.54, 1.807) is 0 Å². The van der Waals surface area contributed by atoms with Crippen molar-refractivity contribution in [1.82, 2.24) is 0 Å². The largest absolute Gasteiger partial charge is 0.368 e. The van der Waals surface area contributed by atoms with E-state index in [0.717, 1.165) is 12.5 Å². The lowest BCUT2D eigenvalue weighted by molar-refractivity contribution is 0.413. The van der Waals surface area contributed by atoms with Gasteiger partial charge in [0.15, 0.2) is 0 Å². The number of benzene rings is 1. The van der Waals surface area contributed by atoms with Gasteiger partial charge in [-0.2, -0.15) is 0 Å². The summed E-state index contributed by atoms with van der Waals surface area (Å²) in [5.74, 6) is 0. The predicted molar refractivity (Wildman–Crippen MR) is 76.8 cm³/mol. The second kappa shape index (κ2) is 5.31. The fourth-order valence-electron chi connectivity index (χ4n) is 3.59. The molecule has 0 amide bonds. The van der Waals surface area contributed by atoms with Gasteiger partial charge in [0, 0.05) is 24.3 Å². The van der Waals surface area contributed by atoms with Crippen molar-refractivity contribution in [1.29, 1.82) is 0 Å². The molecule has 1 aromatic rings. The van der Waals surface area contributed by atoms with Crippen LogP contribution < -0.4 is 10.6 Å².